The first kappa shape index (κ1) is 15.1. The van der Waals surface area contributed by atoms with E-state index < -0.39 is 12.0 Å². The standard InChI is InChI=1S/C16H18F3N3/c1-10-8-11(2)13-12(9-10)14(22-6-4-3-5-7-22)21-15(20-13)16(17,18)19/h8-9H,3-7H2,1-2H3. The van der Waals surface area contributed by atoms with Gasteiger partial charge in [-0.05, 0) is 50.3 Å². The Bertz CT molecular complexity index is 704. The molecule has 118 valence electrons. The lowest BCUT2D eigenvalue weighted by molar-refractivity contribution is -0.144. The first-order valence-corrected chi connectivity index (χ1v) is 7.47. The van der Waals surface area contributed by atoms with E-state index in [1.165, 1.54) is 0 Å². The van der Waals surface area contributed by atoms with E-state index in [0.29, 0.717) is 16.7 Å². The molecule has 3 rings (SSSR count). The van der Waals surface area contributed by atoms with E-state index in [9.17, 15) is 13.2 Å². The molecule has 1 saturated heterocycles. The quantitative estimate of drug-likeness (QED) is 0.788. The predicted molar refractivity (Wildman–Crippen MR) is 80.1 cm³/mol. The summed E-state index contributed by atoms with van der Waals surface area (Å²) in [5, 5.41) is 0.715. The molecule has 2 heterocycles. The molecule has 3 nitrogen and oxygen atoms in total. The Morgan fingerprint density at radius 1 is 1.00 bits per heavy atom. The zero-order valence-electron chi connectivity index (χ0n) is 12.7. The lowest BCUT2D eigenvalue weighted by Crippen LogP contribution is -2.31. The molecule has 22 heavy (non-hydrogen) atoms. The number of aromatic nitrogens is 2. The molecule has 6 heteroatoms. The molecule has 1 aromatic carbocycles. The summed E-state index contributed by atoms with van der Waals surface area (Å²) in [5.41, 5.74) is 2.15. The van der Waals surface area contributed by atoms with Crippen molar-refractivity contribution in [1.82, 2.24) is 9.97 Å². The zero-order chi connectivity index (χ0) is 15.9. The first-order chi connectivity index (χ1) is 10.4. The Morgan fingerprint density at radius 3 is 2.32 bits per heavy atom. The second kappa shape index (κ2) is 5.41. The number of piperidine rings is 1. The highest BCUT2D eigenvalue weighted by molar-refractivity contribution is 5.92. The van der Waals surface area contributed by atoms with Gasteiger partial charge in [0.15, 0.2) is 0 Å². The maximum Gasteiger partial charge on any atom is 0.451 e. The van der Waals surface area contributed by atoms with Crippen LogP contribution in [0.25, 0.3) is 10.9 Å². The number of nitrogens with zero attached hydrogens (tertiary/aromatic N) is 3. The number of fused-ring (bicyclic) bond motifs is 1. The van der Waals surface area contributed by atoms with Gasteiger partial charge in [0.1, 0.15) is 5.82 Å². The predicted octanol–water partition coefficient (Wildman–Crippen LogP) is 4.26. The van der Waals surface area contributed by atoms with Crippen molar-refractivity contribution in [2.45, 2.75) is 39.3 Å². The minimum atomic E-state index is -4.53. The van der Waals surface area contributed by atoms with E-state index in [2.05, 4.69) is 9.97 Å². The van der Waals surface area contributed by atoms with Gasteiger partial charge in [-0.25, -0.2) is 9.97 Å². The molecule has 0 amide bonds. The van der Waals surface area contributed by atoms with Gasteiger partial charge < -0.3 is 4.90 Å². The molecule has 1 fully saturated rings. The van der Waals surface area contributed by atoms with Gasteiger partial charge in [0.25, 0.3) is 0 Å². The molecule has 2 aromatic rings. The van der Waals surface area contributed by atoms with Crippen molar-refractivity contribution in [2.75, 3.05) is 18.0 Å². The maximum atomic E-state index is 13.1. The highest BCUT2D eigenvalue weighted by atomic mass is 19.4. The minimum Gasteiger partial charge on any atom is -0.356 e. The van der Waals surface area contributed by atoms with Crippen LogP contribution in [0.2, 0.25) is 0 Å². The average molecular weight is 309 g/mol. The highest BCUT2D eigenvalue weighted by Gasteiger charge is 2.36. The second-order valence-corrected chi connectivity index (χ2v) is 5.89. The van der Waals surface area contributed by atoms with E-state index >= 15 is 0 Å². The normalized spacial score (nSPS) is 16.3. The number of alkyl halides is 3. The Balaban J connectivity index is 2.26. The Labute approximate surface area is 127 Å². The Hall–Kier alpha value is -1.85. The van der Waals surface area contributed by atoms with Crippen molar-refractivity contribution in [1.29, 1.82) is 0 Å². The Kier molecular flexibility index (Phi) is 3.70. The summed E-state index contributed by atoms with van der Waals surface area (Å²) in [5.74, 6) is -0.628. The van der Waals surface area contributed by atoms with Crippen LogP contribution in [-0.4, -0.2) is 23.1 Å². The molecule has 1 aliphatic heterocycles. The molecule has 0 saturated carbocycles. The van der Waals surface area contributed by atoms with Gasteiger partial charge in [0.2, 0.25) is 5.82 Å². The molecule has 0 radical (unpaired) electrons. The maximum absolute atomic E-state index is 13.1. The van der Waals surface area contributed by atoms with Crippen LogP contribution in [0.1, 0.15) is 36.2 Å². The van der Waals surface area contributed by atoms with E-state index in [1.807, 2.05) is 24.0 Å². The fourth-order valence-corrected chi connectivity index (χ4v) is 3.04. The van der Waals surface area contributed by atoms with E-state index in [1.54, 1.807) is 6.92 Å². The average Bonchev–Trinajstić information content (AvgIpc) is 2.46. The van der Waals surface area contributed by atoms with Gasteiger partial charge in [0.05, 0.1) is 5.52 Å². The summed E-state index contributed by atoms with van der Waals surface area (Å²) < 4.78 is 39.4. The van der Waals surface area contributed by atoms with Crippen LogP contribution >= 0.6 is 0 Å². The number of benzene rings is 1. The second-order valence-electron chi connectivity index (χ2n) is 5.89. The van der Waals surface area contributed by atoms with Gasteiger partial charge in [-0.3, -0.25) is 0 Å². The van der Waals surface area contributed by atoms with Gasteiger partial charge in [-0.15, -0.1) is 0 Å². The molecular formula is C16H18F3N3. The van der Waals surface area contributed by atoms with Crippen LogP contribution in [-0.2, 0) is 6.18 Å². The van der Waals surface area contributed by atoms with E-state index in [-0.39, 0.29) is 0 Å². The molecule has 0 bridgehead atoms. The molecule has 1 aliphatic rings. The summed E-state index contributed by atoms with van der Waals surface area (Å²) in [6, 6.07) is 3.74. The smallest absolute Gasteiger partial charge is 0.356 e. The zero-order valence-corrected chi connectivity index (χ0v) is 12.7. The first-order valence-electron chi connectivity index (χ1n) is 7.47. The topological polar surface area (TPSA) is 29.0 Å². The third-order valence-electron chi connectivity index (χ3n) is 4.02. The molecule has 0 atom stereocenters. The van der Waals surface area contributed by atoms with E-state index in [0.717, 1.165) is 43.5 Å². The van der Waals surface area contributed by atoms with Gasteiger partial charge in [-0.2, -0.15) is 13.2 Å². The van der Waals surface area contributed by atoms with Gasteiger partial charge in [0, 0.05) is 18.5 Å². The van der Waals surface area contributed by atoms with Crippen LogP contribution in [0.3, 0.4) is 0 Å². The van der Waals surface area contributed by atoms with Crippen LogP contribution < -0.4 is 4.90 Å². The van der Waals surface area contributed by atoms with Crippen LogP contribution in [0.15, 0.2) is 12.1 Å². The SMILES string of the molecule is Cc1cc(C)c2nc(C(F)(F)F)nc(N3CCCCC3)c2c1. The van der Waals surface area contributed by atoms with Crippen molar-refractivity contribution in [2.24, 2.45) is 0 Å². The molecule has 0 spiro atoms. The fraction of sp³-hybridized carbons (Fsp3) is 0.500. The molecule has 0 aliphatic carbocycles. The van der Waals surface area contributed by atoms with Crippen molar-refractivity contribution in [3.63, 3.8) is 0 Å². The molecule has 0 N–H and O–H groups in total. The van der Waals surface area contributed by atoms with Gasteiger partial charge >= 0.3 is 6.18 Å². The van der Waals surface area contributed by atoms with Crippen molar-refractivity contribution >= 4 is 16.7 Å². The van der Waals surface area contributed by atoms with Crippen LogP contribution in [0.4, 0.5) is 19.0 Å². The fourth-order valence-electron chi connectivity index (χ4n) is 3.04. The number of hydrogen-bond donors (Lipinski definition) is 0. The summed E-state index contributed by atoms with van der Waals surface area (Å²) in [7, 11) is 0. The third kappa shape index (κ3) is 2.74. The van der Waals surface area contributed by atoms with Crippen molar-refractivity contribution < 1.29 is 13.2 Å². The van der Waals surface area contributed by atoms with Crippen LogP contribution in [0.5, 0.6) is 0 Å². The number of halogens is 3. The van der Waals surface area contributed by atoms with Gasteiger partial charge in [-0.1, -0.05) is 6.07 Å². The number of aryl methyl sites for hydroxylation is 2. The summed E-state index contributed by atoms with van der Waals surface area (Å²) >= 11 is 0. The van der Waals surface area contributed by atoms with E-state index in [4.69, 9.17) is 0 Å². The summed E-state index contributed by atoms with van der Waals surface area (Å²) in [6.07, 6.45) is -1.45. The summed E-state index contributed by atoms with van der Waals surface area (Å²) in [4.78, 5) is 9.61. The molecule has 1 aromatic heterocycles. The Morgan fingerprint density at radius 2 is 1.68 bits per heavy atom. The minimum absolute atomic E-state index is 0.397. The lowest BCUT2D eigenvalue weighted by atomic mass is 10.1. The summed E-state index contributed by atoms with van der Waals surface area (Å²) in [6.45, 7) is 5.22. The molecular weight excluding hydrogens is 291 g/mol. The third-order valence-corrected chi connectivity index (χ3v) is 4.02. The number of anilines is 1. The van der Waals surface area contributed by atoms with Crippen LogP contribution in [0, 0.1) is 13.8 Å². The monoisotopic (exact) mass is 309 g/mol. The van der Waals surface area contributed by atoms with Crippen molar-refractivity contribution in [3.8, 4) is 0 Å². The highest BCUT2D eigenvalue weighted by Crippen LogP contribution is 2.34. The lowest BCUT2D eigenvalue weighted by Gasteiger charge is -2.29. The molecule has 0 unspecified atom stereocenters. The number of hydrogen-bond acceptors (Lipinski definition) is 3. The van der Waals surface area contributed by atoms with Crippen molar-refractivity contribution in [3.05, 3.63) is 29.1 Å². The number of rotatable bonds is 1. The largest absolute Gasteiger partial charge is 0.451 e.